The van der Waals surface area contributed by atoms with E-state index in [1.807, 2.05) is 0 Å². The van der Waals surface area contributed by atoms with Crippen molar-refractivity contribution in [2.24, 2.45) is 7.05 Å². The molecule has 0 spiro atoms. The molecular weight excluding hydrogens is 266 g/mol. The minimum absolute atomic E-state index is 0.208. The van der Waals surface area contributed by atoms with Crippen LogP contribution >= 0.6 is 11.6 Å². The first-order valence-electron chi connectivity index (χ1n) is 6.15. The highest BCUT2D eigenvalue weighted by atomic mass is 35.5. The van der Waals surface area contributed by atoms with E-state index in [-0.39, 0.29) is 5.91 Å². The predicted molar refractivity (Wildman–Crippen MR) is 71.6 cm³/mol. The molecule has 19 heavy (non-hydrogen) atoms. The zero-order valence-electron chi connectivity index (χ0n) is 10.7. The molecule has 0 radical (unpaired) electrons. The van der Waals surface area contributed by atoms with Crippen molar-refractivity contribution in [1.29, 1.82) is 0 Å². The first kappa shape index (κ1) is 12.3. The van der Waals surface area contributed by atoms with Gasteiger partial charge >= 0.3 is 0 Å². The lowest BCUT2D eigenvalue weighted by Crippen LogP contribution is -2.15. The summed E-state index contributed by atoms with van der Waals surface area (Å²) in [5.74, 6) is 1.46. The molecule has 5 nitrogen and oxygen atoms in total. The van der Waals surface area contributed by atoms with Gasteiger partial charge in [-0.2, -0.15) is 5.10 Å². The summed E-state index contributed by atoms with van der Waals surface area (Å²) in [5, 5.41) is 7.42. The molecule has 1 amide bonds. The molecule has 2 heterocycles. The number of hydrogen-bond donors (Lipinski definition) is 1. The summed E-state index contributed by atoms with van der Waals surface area (Å²) in [6.45, 7) is 1.80. The van der Waals surface area contributed by atoms with Gasteiger partial charge in [0.25, 0.3) is 5.91 Å². The third kappa shape index (κ3) is 2.14. The van der Waals surface area contributed by atoms with Crippen molar-refractivity contribution in [2.45, 2.75) is 25.7 Å². The summed E-state index contributed by atoms with van der Waals surface area (Å²) in [6.07, 6.45) is 3.72. The molecule has 1 saturated carbocycles. The van der Waals surface area contributed by atoms with Gasteiger partial charge in [0.15, 0.2) is 0 Å². The van der Waals surface area contributed by atoms with Gasteiger partial charge in [0.2, 0.25) is 0 Å². The summed E-state index contributed by atoms with van der Waals surface area (Å²) in [5.41, 5.74) is 1.27. The Balaban J connectivity index is 1.86. The lowest BCUT2D eigenvalue weighted by Gasteiger charge is -2.05. The topological polar surface area (TPSA) is 60.1 Å². The Bertz CT molecular complexity index is 640. The van der Waals surface area contributed by atoms with E-state index in [9.17, 15) is 4.79 Å². The van der Waals surface area contributed by atoms with Gasteiger partial charge < -0.3 is 9.73 Å². The smallest absolute Gasteiger partial charge is 0.260 e. The highest BCUT2D eigenvalue weighted by Crippen LogP contribution is 2.42. The van der Waals surface area contributed by atoms with Crippen molar-refractivity contribution in [3.63, 3.8) is 0 Å². The second kappa shape index (κ2) is 4.42. The number of carbonyl (C=O) groups is 1. The number of nitrogens with zero attached hydrogens (tertiary/aromatic N) is 2. The number of nitrogens with one attached hydrogen (secondary N) is 1. The number of aromatic nitrogens is 2. The number of carbonyl (C=O) groups excluding carboxylic acids is 1. The quantitative estimate of drug-likeness (QED) is 0.939. The second-order valence-corrected chi connectivity index (χ2v) is 5.18. The third-order valence-corrected chi connectivity index (χ3v) is 3.72. The second-order valence-electron chi connectivity index (χ2n) is 4.80. The number of anilines is 1. The molecule has 3 rings (SSSR count). The van der Waals surface area contributed by atoms with Crippen LogP contribution in [-0.4, -0.2) is 15.7 Å². The van der Waals surface area contributed by atoms with Crippen LogP contribution in [0.1, 0.15) is 40.6 Å². The van der Waals surface area contributed by atoms with E-state index >= 15 is 0 Å². The van der Waals surface area contributed by atoms with Crippen molar-refractivity contribution in [3.8, 4) is 0 Å². The van der Waals surface area contributed by atoms with Crippen LogP contribution in [-0.2, 0) is 7.05 Å². The average molecular weight is 280 g/mol. The van der Waals surface area contributed by atoms with Crippen LogP contribution in [0.15, 0.2) is 16.7 Å². The van der Waals surface area contributed by atoms with Crippen LogP contribution in [0.25, 0.3) is 0 Å². The van der Waals surface area contributed by atoms with Crippen LogP contribution in [0, 0.1) is 6.92 Å². The Labute approximate surface area is 115 Å². The van der Waals surface area contributed by atoms with Crippen LogP contribution in [0.3, 0.4) is 0 Å². The largest absolute Gasteiger partial charge is 0.468 e. The average Bonchev–Trinajstić information content (AvgIpc) is 3.06. The van der Waals surface area contributed by atoms with Crippen molar-refractivity contribution in [1.82, 2.24) is 9.78 Å². The maximum atomic E-state index is 12.3. The Morgan fingerprint density at radius 2 is 2.32 bits per heavy atom. The van der Waals surface area contributed by atoms with Gasteiger partial charge in [-0.05, 0) is 25.8 Å². The number of hydrogen-bond acceptors (Lipinski definition) is 3. The number of aryl methyl sites for hydroxylation is 2. The molecule has 0 saturated heterocycles. The SMILES string of the molecule is Cc1nn(C)c(NC(=O)c2ccoc2C2CC2)c1Cl. The summed E-state index contributed by atoms with van der Waals surface area (Å²) < 4.78 is 6.96. The standard InChI is InChI=1S/C13H14ClN3O2/c1-7-10(14)12(17(2)16-7)15-13(18)9-5-6-19-11(9)8-3-4-8/h5-6,8H,3-4H2,1-2H3,(H,15,18). The molecule has 2 aromatic heterocycles. The Kier molecular flexibility index (Phi) is 2.86. The van der Waals surface area contributed by atoms with Crippen LogP contribution in [0.2, 0.25) is 5.02 Å². The molecule has 100 valence electrons. The zero-order valence-corrected chi connectivity index (χ0v) is 11.5. The summed E-state index contributed by atoms with van der Waals surface area (Å²) >= 11 is 6.11. The normalized spacial score (nSPS) is 14.7. The molecule has 1 N–H and O–H groups in total. The highest BCUT2D eigenvalue weighted by molar-refractivity contribution is 6.34. The Morgan fingerprint density at radius 1 is 1.58 bits per heavy atom. The maximum absolute atomic E-state index is 12.3. The van der Waals surface area contributed by atoms with E-state index in [4.69, 9.17) is 16.0 Å². The Hall–Kier alpha value is -1.75. The van der Waals surface area contributed by atoms with Crippen molar-refractivity contribution in [3.05, 3.63) is 34.4 Å². The molecule has 0 bridgehead atoms. The lowest BCUT2D eigenvalue weighted by molar-refractivity contribution is 0.102. The van der Waals surface area contributed by atoms with Gasteiger partial charge in [0, 0.05) is 13.0 Å². The molecule has 0 atom stereocenters. The maximum Gasteiger partial charge on any atom is 0.260 e. The summed E-state index contributed by atoms with van der Waals surface area (Å²) in [6, 6.07) is 1.69. The minimum Gasteiger partial charge on any atom is -0.468 e. The van der Waals surface area contributed by atoms with Crippen molar-refractivity contribution >= 4 is 23.3 Å². The van der Waals surface area contributed by atoms with Gasteiger partial charge in [-0.25, -0.2) is 0 Å². The molecule has 0 unspecified atom stereocenters. The molecule has 1 fully saturated rings. The highest BCUT2D eigenvalue weighted by Gasteiger charge is 2.31. The lowest BCUT2D eigenvalue weighted by atomic mass is 10.2. The molecule has 1 aliphatic carbocycles. The van der Waals surface area contributed by atoms with Crippen LogP contribution < -0.4 is 5.32 Å². The van der Waals surface area contributed by atoms with Crippen molar-refractivity contribution < 1.29 is 9.21 Å². The first-order valence-corrected chi connectivity index (χ1v) is 6.53. The minimum atomic E-state index is -0.208. The Morgan fingerprint density at radius 3 is 2.89 bits per heavy atom. The fourth-order valence-electron chi connectivity index (χ4n) is 2.11. The monoisotopic (exact) mass is 279 g/mol. The van der Waals surface area contributed by atoms with E-state index in [0.29, 0.717) is 28.0 Å². The molecule has 1 aliphatic rings. The van der Waals surface area contributed by atoms with Gasteiger partial charge in [-0.3, -0.25) is 9.48 Å². The number of amides is 1. The fraction of sp³-hybridized carbons (Fsp3) is 0.385. The molecular formula is C13H14ClN3O2. The molecule has 0 aromatic carbocycles. The number of rotatable bonds is 3. The third-order valence-electron chi connectivity index (χ3n) is 3.27. The predicted octanol–water partition coefficient (Wildman–Crippen LogP) is 3.10. The molecule has 6 heteroatoms. The molecule has 0 aliphatic heterocycles. The van der Waals surface area contributed by atoms with E-state index in [1.54, 1.807) is 31.0 Å². The van der Waals surface area contributed by atoms with Gasteiger partial charge in [-0.15, -0.1) is 0 Å². The van der Waals surface area contributed by atoms with Gasteiger partial charge in [-0.1, -0.05) is 11.6 Å². The van der Waals surface area contributed by atoms with Crippen LogP contribution in [0.4, 0.5) is 5.82 Å². The molecule has 2 aromatic rings. The fourth-order valence-corrected chi connectivity index (χ4v) is 2.32. The van der Waals surface area contributed by atoms with E-state index in [2.05, 4.69) is 10.4 Å². The van der Waals surface area contributed by atoms with E-state index in [1.165, 1.54) is 0 Å². The number of furan rings is 1. The van der Waals surface area contributed by atoms with E-state index in [0.717, 1.165) is 18.6 Å². The number of halogens is 1. The summed E-state index contributed by atoms with van der Waals surface area (Å²) in [4.78, 5) is 12.3. The van der Waals surface area contributed by atoms with Crippen molar-refractivity contribution in [2.75, 3.05) is 5.32 Å². The summed E-state index contributed by atoms with van der Waals surface area (Å²) in [7, 11) is 1.74. The first-order chi connectivity index (χ1) is 9.08. The van der Waals surface area contributed by atoms with E-state index < -0.39 is 0 Å². The van der Waals surface area contributed by atoms with Crippen LogP contribution in [0.5, 0.6) is 0 Å². The van der Waals surface area contributed by atoms with Gasteiger partial charge in [0.1, 0.15) is 16.6 Å². The van der Waals surface area contributed by atoms with Gasteiger partial charge in [0.05, 0.1) is 17.5 Å². The zero-order chi connectivity index (χ0) is 13.6.